The molecular formula is C37H48N4O8S. The summed E-state index contributed by atoms with van der Waals surface area (Å²) < 4.78 is 39.8. The number of carbonyl (C=O) groups excluding carboxylic acids is 4. The van der Waals surface area contributed by atoms with Crippen LogP contribution in [0.3, 0.4) is 0 Å². The minimum Gasteiger partial charge on any atom is -0.472 e. The first-order valence-corrected chi connectivity index (χ1v) is 20.0. The normalized spacial score (nSPS) is 29.6. The fraction of sp³-hybridized carbons (Fsp3) is 0.649. The van der Waals surface area contributed by atoms with Crippen LogP contribution in [0.4, 0.5) is 0 Å². The van der Waals surface area contributed by atoms with E-state index >= 15 is 0 Å². The Morgan fingerprint density at radius 2 is 1.84 bits per heavy atom. The number of ether oxygens (including phenoxy) is 2. The molecule has 3 heterocycles. The molecule has 2 N–H and O–H groups in total. The number of esters is 1. The van der Waals surface area contributed by atoms with Gasteiger partial charge in [0.25, 0.3) is 5.91 Å². The molecule has 270 valence electrons. The van der Waals surface area contributed by atoms with E-state index in [4.69, 9.17) is 9.47 Å². The minimum absolute atomic E-state index is 0.0138. The topological polar surface area (TPSA) is 161 Å². The molecule has 50 heavy (non-hydrogen) atoms. The minimum atomic E-state index is -3.83. The van der Waals surface area contributed by atoms with Gasteiger partial charge in [-0.15, -0.1) is 0 Å². The molecule has 3 amide bonds. The lowest BCUT2D eigenvalue weighted by atomic mass is 9.86. The lowest BCUT2D eigenvalue weighted by molar-refractivity contribution is -0.152. The van der Waals surface area contributed by atoms with Crippen molar-refractivity contribution in [3.8, 4) is 5.88 Å². The molecule has 5 atom stereocenters. The molecule has 1 aromatic heterocycles. The predicted molar refractivity (Wildman–Crippen MR) is 184 cm³/mol. The van der Waals surface area contributed by atoms with Crippen LogP contribution in [0, 0.1) is 17.8 Å². The van der Waals surface area contributed by atoms with Gasteiger partial charge in [0.2, 0.25) is 27.7 Å². The highest BCUT2D eigenvalue weighted by Crippen LogP contribution is 2.47. The van der Waals surface area contributed by atoms with E-state index in [1.807, 2.05) is 19.1 Å². The number of cyclic esters (lactones) is 1. The molecule has 1 aromatic carbocycles. The van der Waals surface area contributed by atoms with E-state index < -0.39 is 56.7 Å². The van der Waals surface area contributed by atoms with Gasteiger partial charge in [0.05, 0.1) is 30.7 Å². The van der Waals surface area contributed by atoms with E-state index in [9.17, 15) is 27.6 Å². The average Bonchev–Trinajstić information content (AvgIpc) is 3.97. The molecule has 2 aliphatic heterocycles. The second-order valence-corrected chi connectivity index (χ2v) is 16.9. The van der Waals surface area contributed by atoms with E-state index in [0.29, 0.717) is 38.2 Å². The van der Waals surface area contributed by atoms with Gasteiger partial charge in [0.1, 0.15) is 17.7 Å². The Kier molecular flexibility index (Phi) is 9.79. The van der Waals surface area contributed by atoms with Crippen molar-refractivity contribution < 1.29 is 37.1 Å². The summed E-state index contributed by atoms with van der Waals surface area (Å²) in [5.74, 6) is -2.46. The van der Waals surface area contributed by atoms with Crippen LogP contribution in [0.2, 0.25) is 0 Å². The first kappa shape index (κ1) is 34.7. The first-order chi connectivity index (χ1) is 24.1. The van der Waals surface area contributed by atoms with Gasteiger partial charge in [-0.3, -0.25) is 23.9 Å². The number of fused-ring (bicyclic) bond motifs is 3. The fourth-order valence-corrected chi connectivity index (χ4v) is 9.69. The zero-order chi connectivity index (χ0) is 35.0. The van der Waals surface area contributed by atoms with Crippen LogP contribution >= 0.6 is 0 Å². The SMILES string of the molecule is CC[C@@H]1C[C@]1(NC(=O)[C@@H]1C[C@@H]2CN1C(=O)[C@H](C1CCCC1)CC(=O)OCCCCCc1ccc3ccnc(c3c1)O2)C(=O)NS(=O)(=O)C1CC1. The van der Waals surface area contributed by atoms with Crippen molar-refractivity contribution in [2.24, 2.45) is 17.8 Å². The molecule has 0 radical (unpaired) electrons. The van der Waals surface area contributed by atoms with Gasteiger partial charge in [-0.2, -0.15) is 0 Å². The lowest BCUT2D eigenvalue weighted by Crippen LogP contribution is -2.57. The van der Waals surface area contributed by atoms with Crippen LogP contribution in [0.25, 0.3) is 10.8 Å². The molecule has 4 fully saturated rings. The summed E-state index contributed by atoms with van der Waals surface area (Å²) >= 11 is 0. The third-order valence-electron chi connectivity index (χ3n) is 11.5. The van der Waals surface area contributed by atoms with Crippen molar-refractivity contribution in [2.75, 3.05) is 13.2 Å². The van der Waals surface area contributed by atoms with Gasteiger partial charge < -0.3 is 19.7 Å². The van der Waals surface area contributed by atoms with E-state index in [1.54, 1.807) is 6.20 Å². The monoisotopic (exact) mass is 708 g/mol. The number of amides is 3. The summed E-state index contributed by atoms with van der Waals surface area (Å²) in [6, 6.07) is 7.14. The number of hydrogen-bond donors (Lipinski definition) is 2. The van der Waals surface area contributed by atoms with Crippen LogP contribution in [-0.4, -0.2) is 78.1 Å². The van der Waals surface area contributed by atoms with Crippen LogP contribution in [-0.2, 0) is 40.4 Å². The van der Waals surface area contributed by atoms with Crippen molar-refractivity contribution in [3.05, 3.63) is 36.0 Å². The van der Waals surface area contributed by atoms with Crippen molar-refractivity contribution in [1.29, 1.82) is 0 Å². The van der Waals surface area contributed by atoms with Gasteiger partial charge in [0.15, 0.2) is 0 Å². The van der Waals surface area contributed by atoms with Gasteiger partial charge in [-0.05, 0) is 92.7 Å². The highest BCUT2D eigenvalue weighted by molar-refractivity contribution is 7.91. The number of sulfonamides is 1. The van der Waals surface area contributed by atoms with Crippen molar-refractivity contribution >= 4 is 44.5 Å². The smallest absolute Gasteiger partial charge is 0.306 e. The Balaban J connectivity index is 1.20. The Morgan fingerprint density at radius 1 is 1.04 bits per heavy atom. The number of carbonyl (C=O) groups is 4. The Labute approximate surface area is 293 Å². The van der Waals surface area contributed by atoms with Gasteiger partial charge in [0, 0.05) is 18.0 Å². The second kappa shape index (κ2) is 14.1. The molecule has 3 saturated carbocycles. The maximum Gasteiger partial charge on any atom is 0.306 e. The van der Waals surface area contributed by atoms with Crippen molar-refractivity contribution in [2.45, 2.75) is 120 Å². The highest BCUT2D eigenvalue weighted by atomic mass is 32.2. The maximum absolute atomic E-state index is 14.6. The molecule has 3 aliphatic carbocycles. The predicted octanol–water partition coefficient (Wildman–Crippen LogP) is 3.94. The Morgan fingerprint density at radius 3 is 2.58 bits per heavy atom. The Bertz CT molecular complexity index is 1760. The third kappa shape index (κ3) is 7.20. The van der Waals surface area contributed by atoms with Crippen molar-refractivity contribution in [3.63, 3.8) is 0 Å². The number of hydrogen-bond acceptors (Lipinski definition) is 9. The lowest BCUT2D eigenvalue weighted by Gasteiger charge is -2.31. The molecule has 0 spiro atoms. The molecule has 0 unspecified atom stereocenters. The highest BCUT2D eigenvalue weighted by Gasteiger charge is 2.62. The molecule has 1 saturated heterocycles. The van der Waals surface area contributed by atoms with Crippen LogP contribution in [0.1, 0.15) is 96.0 Å². The maximum atomic E-state index is 14.6. The molecule has 2 aromatic rings. The van der Waals surface area contributed by atoms with Crippen LogP contribution < -0.4 is 14.8 Å². The largest absolute Gasteiger partial charge is 0.472 e. The molecule has 4 bridgehead atoms. The number of aromatic nitrogens is 1. The summed E-state index contributed by atoms with van der Waals surface area (Å²) in [6.07, 6.45) is 10.0. The molecule has 12 nitrogen and oxygen atoms in total. The first-order valence-electron chi connectivity index (χ1n) is 18.5. The number of aryl methyl sites for hydroxylation is 1. The summed E-state index contributed by atoms with van der Waals surface area (Å²) in [7, 11) is -3.83. The second-order valence-electron chi connectivity index (χ2n) is 15.0. The van der Waals surface area contributed by atoms with E-state index in [1.165, 1.54) is 4.90 Å². The zero-order valence-corrected chi connectivity index (χ0v) is 29.5. The van der Waals surface area contributed by atoms with Crippen molar-refractivity contribution in [1.82, 2.24) is 19.9 Å². The third-order valence-corrected chi connectivity index (χ3v) is 13.3. The molecule has 13 heteroatoms. The van der Waals surface area contributed by atoms with Gasteiger partial charge >= 0.3 is 5.97 Å². The standard InChI is InChI=1S/C37H48N4O8S/c1-2-26-21-37(26,36(45)40-50(46,47)28-13-14-28)39-33(43)31-19-27-22-41(31)35(44)30(24-9-5-6-10-24)20-32(42)48-17-7-3-4-8-23-11-12-25-15-16-38-34(49-27)29(25)18-23/h11-12,15-16,18,24,26-28,30-31H,2-10,13-14,17,19-22H2,1H3,(H,39,43)(H,40,45)/t26-,27-,30+,31+,37-/m1/s1. The fourth-order valence-electron chi connectivity index (χ4n) is 8.33. The Hall–Kier alpha value is -3.74. The van der Waals surface area contributed by atoms with Crippen LogP contribution in [0.5, 0.6) is 5.88 Å². The summed E-state index contributed by atoms with van der Waals surface area (Å²) in [5.41, 5.74) is -0.244. The van der Waals surface area contributed by atoms with E-state index in [0.717, 1.165) is 67.7 Å². The van der Waals surface area contributed by atoms with Gasteiger partial charge in [-0.1, -0.05) is 38.3 Å². The number of rotatable bonds is 7. The zero-order valence-electron chi connectivity index (χ0n) is 28.7. The summed E-state index contributed by atoms with van der Waals surface area (Å²) in [4.78, 5) is 61.6. The van der Waals surface area contributed by atoms with E-state index in [-0.39, 0.29) is 37.1 Å². The summed E-state index contributed by atoms with van der Waals surface area (Å²) in [6.45, 7) is 2.28. The number of nitrogens with zero attached hydrogens (tertiary/aromatic N) is 2. The molecular weight excluding hydrogens is 660 g/mol. The molecule has 5 aliphatic rings. The molecule has 7 rings (SSSR count). The van der Waals surface area contributed by atoms with Crippen LogP contribution in [0.15, 0.2) is 30.5 Å². The number of pyridine rings is 1. The van der Waals surface area contributed by atoms with E-state index in [2.05, 4.69) is 27.2 Å². The number of benzene rings is 1. The van der Waals surface area contributed by atoms with Gasteiger partial charge in [-0.25, -0.2) is 13.4 Å². The summed E-state index contributed by atoms with van der Waals surface area (Å²) in [5, 5.41) is 4.15. The average molecular weight is 709 g/mol. The quantitative estimate of drug-likeness (QED) is 0.406. The number of nitrogens with one attached hydrogen (secondary N) is 2.